The maximum atomic E-state index is 13.2. The van der Waals surface area contributed by atoms with Gasteiger partial charge in [-0.25, -0.2) is 9.37 Å². The largest absolute Gasteiger partial charge is 0.338 e. The third-order valence-corrected chi connectivity index (χ3v) is 3.82. The lowest BCUT2D eigenvalue weighted by molar-refractivity contribution is 0.0568. The van der Waals surface area contributed by atoms with Gasteiger partial charge < -0.3 is 9.42 Å². The lowest BCUT2D eigenvalue weighted by Gasteiger charge is -2.37. The minimum absolute atomic E-state index is 0.0274. The van der Waals surface area contributed by atoms with Crippen LogP contribution in [-0.4, -0.2) is 44.0 Å². The van der Waals surface area contributed by atoms with Crippen LogP contribution in [0.15, 0.2) is 47.4 Å². The Hall–Kier alpha value is -3.16. The lowest BCUT2D eigenvalue weighted by Crippen LogP contribution is -2.48. The number of carbonyl (C=O) groups excluding carboxylic acids is 1. The fourth-order valence-corrected chi connectivity index (χ4v) is 2.52. The van der Waals surface area contributed by atoms with Crippen molar-refractivity contribution in [1.82, 2.24) is 25.0 Å². The molecule has 0 atom stereocenters. The molecule has 8 heteroatoms. The Bertz CT molecular complexity index is 877. The minimum Gasteiger partial charge on any atom is -0.338 e. The van der Waals surface area contributed by atoms with Gasteiger partial charge in [0.05, 0.1) is 12.1 Å². The Morgan fingerprint density at radius 1 is 1.29 bits per heavy atom. The van der Waals surface area contributed by atoms with E-state index in [9.17, 15) is 9.18 Å². The maximum absolute atomic E-state index is 13.2. The van der Waals surface area contributed by atoms with E-state index in [-0.39, 0.29) is 11.8 Å². The molecule has 7 nitrogen and oxygen atoms in total. The van der Waals surface area contributed by atoms with Gasteiger partial charge in [-0.05, 0) is 18.2 Å². The summed E-state index contributed by atoms with van der Waals surface area (Å²) in [7, 11) is 0. The number of amides is 1. The molecule has 4 rings (SSSR count). The zero-order valence-corrected chi connectivity index (χ0v) is 12.5. The fraction of sp³-hybridized carbons (Fsp3) is 0.188. The normalized spacial score (nSPS) is 14.5. The Morgan fingerprint density at radius 2 is 2.17 bits per heavy atom. The molecule has 1 aliphatic rings. The summed E-state index contributed by atoms with van der Waals surface area (Å²) < 4.78 is 18.5. The average molecular weight is 325 g/mol. The number of benzene rings is 1. The van der Waals surface area contributed by atoms with Gasteiger partial charge in [-0.2, -0.15) is 4.98 Å². The second kappa shape index (κ2) is 5.80. The van der Waals surface area contributed by atoms with Crippen LogP contribution in [0.5, 0.6) is 0 Å². The molecule has 0 spiro atoms. The van der Waals surface area contributed by atoms with Gasteiger partial charge in [0.1, 0.15) is 11.5 Å². The van der Waals surface area contributed by atoms with Crippen LogP contribution >= 0.6 is 0 Å². The second-order valence-corrected chi connectivity index (χ2v) is 5.46. The smallest absolute Gasteiger partial charge is 0.254 e. The zero-order valence-electron chi connectivity index (χ0n) is 12.5. The third-order valence-electron chi connectivity index (χ3n) is 3.82. The van der Waals surface area contributed by atoms with Crippen molar-refractivity contribution >= 4 is 5.91 Å². The monoisotopic (exact) mass is 325 g/mol. The molecule has 3 aromatic rings. The van der Waals surface area contributed by atoms with E-state index in [1.807, 2.05) is 0 Å². The first kappa shape index (κ1) is 14.4. The molecule has 0 N–H and O–H groups in total. The number of rotatable bonds is 3. The number of carbonyl (C=O) groups is 1. The molecule has 0 aliphatic carbocycles. The summed E-state index contributed by atoms with van der Waals surface area (Å²) in [6.07, 6.45) is 4.66. The van der Waals surface area contributed by atoms with Crippen LogP contribution in [0, 0.1) is 5.82 Å². The van der Waals surface area contributed by atoms with E-state index >= 15 is 0 Å². The van der Waals surface area contributed by atoms with Crippen molar-refractivity contribution in [3.63, 3.8) is 0 Å². The summed E-state index contributed by atoms with van der Waals surface area (Å²) in [5, 5.41) is 3.89. The molecule has 0 saturated carbocycles. The van der Waals surface area contributed by atoms with E-state index < -0.39 is 5.82 Å². The van der Waals surface area contributed by atoms with Gasteiger partial charge in [0, 0.05) is 31.0 Å². The first-order valence-electron chi connectivity index (χ1n) is 7.35. The Morgan fingerprint density at radius 3 is 2.92 bits per heavy atom. The van der Waals surface area contributed by atoms with E-state index in [1.165, 1.54) is 18.2 Å². The van der Waals surface area contributed by atoms with Gasteiger partial charge in [0.2, 0.25) is 11.7 Å². The second-order valence-electron chi connectivity index (χ2n) is 5.46. The van der Waals surface area contributed by atoms with Crippen molar-refractivity contribution in [1.29, 1.82) is 0 Å². The quantitative estimate of drug-likeness (QED) is 0.731. The van der Waals surface area contributed by atoms with E-state index in [0.717, 1.165) is 0 Å². The summed E-state index contributed by atoms with van der Waals surface area (Å²) in [5.41, 5.74) is 0.860. The van der Waals surface area contributed by atoms with Crippen LogP contribution in [0.25, 0.3) is 11.5 Å². The van der Waals surface area contributed by atoms with Crippen molar-refractivity contribution in [3.8, 4) is 11.5 Å². The highest BCUT2D eigenvalue weighted by Gasteiger charge is 2.36. The molecule has 1 aliphatic heterocycles. The van der Waals surface area contributed by atoms with E-state index in [0.29, 0.717) is 36.1 Å². The van der Waals surface area contributed by atoms with Gasteiger partial charge in [0.25, 0.3) is 5.91 Å². The van der Waals surface area contributed by atoms with Gasteiger partial charge >= 0.3 is 0 Å². The Balaban J connectivity index is 1.43. The third kappa shape index (κ3) is 2.62. The fourth-order valence-electron chi connectivity index (χ4n) is 2.52. The molecule has 0 bridgehead atoms. The Kier molecular flexibility index (Phi) is 3.49. The summed E-state index contributed by atoms with van der Waals surface area (Å²) in [4.78, 5) is 26.2. The maximum Gasteiger partial charge on any atom is 0.254 e. The number of hydrogen-bond donors (Lipinski definition) is 0. The average Bonchev–Trinajstić information content (AvgIpc) is 3.04. The number of hydrogen-bond acceptors (Lipinski definition) is 6. The van der Waals surface area contributed by atoms with Gasteiger partial charge in [0.15, 0.2) is 0 Å². The van der Waals surface area contributed by atoms with E-state index in [1.54, 1.807) is 29.6 Å². The van der Waals surface area contributed by atoms with Crippen molar-refractivity contribution in [2.45, 2.75) is 5.92 Å². The standard InChI is InChI=1S/C16H12FN5O2/c17-12-3-1-2-10(6-12)16(23)22-8-11(9-22)15-20-14(21-24-15)13-7-18-4-5-19-13/h1-7,11H,8-9H2. The van der Waals surface area contributed by atoms with Gasteiger partial charge in [-0.3, -0.25) is 9.78 Å². The molecule has 3 heterocycles. The predicted molar refractivity (Wildman–Crippen MR) is 80.4 cm³/mol. The summed E-state index contributed by atoms with van der Waals surface area (Å²) in [5.74, 6) is 0.162. The van der Waals surface area contributed by atoms with Crippen LogP contribution < -0.4 is 0 Å². The number of likely N-dealkylation sites (tertiary alicyclic amines) is 1. The van der Waals surface area contributed by atoms with Crippen LogP contribution in [0.1, 0.15) is 22.2 Å². The SMILES string of the molecule is O=C(c1cccc(F)c1)N1CC(c2nc(-c3cnccn3)no2)C1. The molecule has 24 heavy (non-hydrogen) atoms. The Labute approximate surface area is 136 Å². The van der Waals surface area contributed by atoms with E-state index in [2.05, 4.69) is 20.1 Å². The van der Waals surface area contributed by atoms with Gasteiger partial charge in [-0.1, -0.05) is 11.2 Å². The molecule has 2 aromatic heterocycles. The highest BCUT2D eigenvalue weighted by atomic mass is 19.1. The summed E-state index contributed by atoms with van der Waals surface area (Å²) in [6, 6.07) is 5.65. The molecule has 120 valence electrons. The summed E-state index contributed by atoms with van der Waals surface area (Å²) >= 11 is 0. The molecule has 0 radical (unpaired) electrons. The van der Waals surface area contributed by atoms with Crippen molar-refractivity contribution in [3.05, 3.63) is 60.1 Å². The molecule has 1 saturated heterocycles. The van der Waals surface area contributed by atoms with Crippen LogP contribution in [-0.2, 0) is 0 Å². The predicted octanol–water partition coefficient (Wildman–Crippen LogP) is 1.91. The minimum atomic E-state index is -0.427. The number of nitrogens with zero attached hydrogens (tertiary/aromatic N) is 5. The van der Waals surface area contributed by atoms with Crippen LogP contribution in [0.3, 0.4) is 0 Å². The molecule has 1 aromatic carbocycles. The molecule has 1 fully saturated rings. The molecular weight excluding hydrogens is 313 g/mol. The van der Waals surface area contributed by atoms with E-state index in [4.69, 9.17) is 4.52 Å². The van der Waals surface area contributed by atoms with Crippen LogP contribution in [0.4, 0.5) is 4.39 Å². The van der Waals surface area contributed by atoms with Crippen LogP contribution in [0.2, 0.25) is 0 Å². The lowest BCUT2D eigenvalue weighted by atomic mass is 9.99. The molecule has 0 unspecified atom stereocenters. The number of halogens is 1. The number of aromatic nitrogens is 4. The zero-order chi connectivity index (χ0) is 16.5. The first-order chi connectivity index (χ1) is 11.7. The van der Waals surface area contributed by atoms with Crippen molar-refractivity contribution in [2.75, 3.05) is 13.1 Å². The highest BCUT2D eigenvalue weighted by Crippen LogP contribution is 2.28. The van der Waals surface area contributed by atoms with Crippen molar-refractivity contribution < 1.29 is 13.7 Å². The topological polar surface area (TPSA) is 85.0 Å². The van der Waals surface area contributed by atoms with Gasteiger partial charge in [-0.15, -0.1) is 0 Å². The molecular formula is C16H12FN5O2. The highest BCUT2D eigenvalue weighted by molar-refractivity contribution is 5.94. The first-order valence-corrected chi connectivity index (χ1v) is 7.35. The van der Waals surface area contributed by atoms with Crippen molar-refractivity contribution in [2.24, 2.45) is 0 Å². The molecule has 1 amide bonds. The summed E-state index contributed by atoms with van der Waals surface area (Å²) in [6.45, 7) is 0.912.